The van der Waals surface area contributed by atoms with E-state index >= 15 is 0 Å². The number of carbonyl (C=O) groups is 1. The lowest BCUT2D eigenvalue weighted by Crippen LogP contribution is -2.15. The zero-order valence-corrected chi connectivity index (χ0v) is 9.28. The second-order valence-electron chi connectivity index (χ2n) is 3.75. The zero-order chi connectivity index (χ0) is 11.4. The highest BCUT2D eigenvalue weighted by atomic mass is 16.5. The molecule has 0 bridgehead atoms. The Morgan fingerprint density at radius 3 is 2.73 bits per heavy atom. The maximum absolute atomic E-state index is 11.2. The average Bonchev–Trinajstić information content (AvgIpc) is 2.22. The van der Waals surface area contributed by atoms with Gasteiger partial charge in [0.25, 0.3) is 0 Å². The third-order valence-corrected chi connectivity index (χ3v) is 2.42. The first-order chi connectivity index (χ1) is 7.04. The Balaban J connectivity index is 2.73. The van der Waals surface area contributed by atoms with Gasteiger partial charge in [-0.3, -0.25) is 4.79 Å². The van der Waals surface area contributed by atoms with Crippen molar-refractivity contribution in [1.29, 1.82) is 0 Å². The molecule has 0 saturated heterocycles. The molecule has 0 amide bonds. The van der Waals surface area contributed by atoms with E-state index in [2.05, 4.69) is 4.74 Å². The van der Waals surface area contributed by atoms with Crippen LogP contribution in [0.2, 0.25) is 0 Å². The zero-order valence-electron chi connectivity index (χ0n) is 9.28. The molecule has 0 saturated carbocycles. The predicted molar refractivity (Wildman–Crippen MR) is 57.7 cm³/mol. The lowest BCUT2D eigenvalue weighted by atomic mass is 10.00. The number of rotatable bonds is 3. The molecule has 0 aliphatic heterocycles. The summed E-state index contributed by atoms with van der Waals surface area (Å²) in [5.74, 6) is -0.142. The molecule has 0 fully saturated rings. The van der Waals surface area contributed by atoms with Crippen LogP contribution in [-0.4, -0.2) is 18.2 Å². The van der Waals surface area contributed by atoms with E-state index in [4.69, 9.17) is 0 Å². The number of benzene rings is 1. The molecular formula is C12H16O3. The molecule has 1 aromatic carbocycles. The highest BCUT2D eigenvalue weighted by Gasteiger charge is 2.13. The van der Waals surface area contributed by atoms with Crippen LogP contribution in [0.25, 0.3) is 0 Å². The fourth-order valence-corrected chi connectivity index (χ4v) is 1.42. The van der Waals surface area contributed by atoms with Crippen LogP contribution < -0.4 is 0 Å². The summed E-state index contributed by atoms with van der Waals surface area (Å²) in [5.41, 5.74) is 1.78. The highest BCUT2D eigenvalue weighted by Crippen LogP contribution is 2.19. The fourth-order valence-electron chi connectivity index (χ4n) is 1.42. The summed E-state index contributed by atoms with van der Waals surface area (Å²) in [4.78, 5) is 11.2. The molecule has 1 aromatic rings. The maximum atomic E-state index is 11.2. The smallest absolute Gasteiger partial charge is 0.308 e. The molecule has 1 atom stereocenters. The van der Waals surface area contributed by atoms with Crippen molar-refractivity contribution in [3.63, 3.8) is 0 Å². The number of phenolic OH excluding ortho intramolecular Hbond substituents is 1. The molecule has 0 aliphatic carbocycles. The number of aromatic hydroxyl groups is 1. The van der Waals surface area contributed by atoms with E-state index in [1.54, 1.807) is 6.07 Å². The summed E-state index contributed by atoms with van der Waals surface area (Å²) >= 11 is 0. The molecule has 3 heteroatoms. The SMILES string of the molecule is COC(=O)C(C)Cc1ccc(C)c(O)c1. The number of ether oxygens (including phenoxy) is 1. The van der Waals surface area contributed by atoms with Gasteiger partial charge in [-0.1, -0.05) is 19.1 Å². The molecule has 0 aromatic heterocycles. The van der Waals surface area contributed by atoms with Crippen LogP contribution in [0.15, 0.2) is 18.2 Å². The number of methoxy groups -OCH3 is 1. The molecule has 0 radical (unpaired) electrons. The van der Waals surface area contributed by atoms with Gasteiger partial charge < -0.3 is 9.84 Å². The Bertz CT molecular complexity index is 358. The van der Waals surface area contributed by atoms with Gasteiger partial charge in [0.2, 0.25) is 0 Å². The van der Waals surface area contributed by atoms with Crippen LogP contribution in [0.5, 0.6) is 5.75 Å². The van der Waals surface area contributed by atoms with E-state index in [1.165, 1.54) is 7.11 Å². The van der Waals surface area contributed by atoms with Crippen molar-refractivity contribution in [3.8, 4) is 5.75 Å². The number of aryl methyl sites for hydroxylation is 1. The van der Waals surface area contributed by atoms with Crippen molar-refractivity contribution < 1.29 is 14.6 Å². The maximum Gasteiger partial charge on any atom is 0.308 e. The summed E-state index contributed by atoms with van der Waals surface area (Å²) < 4.78 is 4.64. The number of esters is 1. The van der Waals surface area contributed by atoms with E-state index in [9.17, 15) is 9.90 Å². The molecule has 0 spiro atoms. The monoisotopic (exact) mass is 208 g/mol. The molecule has 1 unspecified atom stereocenters. The van der Waals surface area contributed by atoms with Gasteiger partial charge in [-0.2, -0.15) is 0 Å². The Kier molecular flexibility index (Phi) is 3.72. The number of hydrogen-bond acceptors (Lipinski definition) is 3. The van der Waals surface area contributed by atoms with Crippen molar-refractivity contribution in [3.05, 3.63) is 29.3 Å². The van der Waals surface area contributed by atoms with Crippen molar-refractivity contribution >= 4 is 5.97 Å². The number of phenols is 1. The highest BCUT2D eigenvalue weighted by molar-refractivity contribution is 5.72. The molecule has 0 heterocycles. The van der Waals surface area contributed by atoms with Gasteiger partial charge in [-0.05, 0) is 30.5 Å². The average molecular weight is 208 g/mol. The Labute approximate surface area is 89.7 Å². The molecular weight excluding hydrogens is 192 g/mol. The minimum absolute atomic E-state index is 0.183. The largest absolute Gasteiger partial charge is 0.508 e. The van der Waals surface area contributed by atoms with E-state index in [-0.39, 0.29) is 17.6 Å². The van der Waals surface area contributed by atoms with Gasteiger partial charge in [0.1, 0.15) is 5.75 Å². The van der Waals surface area contributed by atoms with Crippen LogP contribution in [0.1, 0.15) is 18.1 Å². The first-order valence-electron chi connectivity index (χ1n) is 4.91. The van der Waals surface area contributed by atoms with Gasteiger partial charge in [0, 0.05) is 0 Å². The normalized spacial score (nSPS) is 12.2. The first kappa shape index (κ1) is 11.6. The van der Waals surface area contributed by atoms with Gasteiger partial charge in [-0.25, -0.2) is 0 Å². The number of carbonyl (C=O) groups excluding carboxylic acids is 1. The molecule has 82 valence electrons. The topological polar surface area (TPSA) is 46.5 Å². The Morgan fingerprint density at radius 1 is 1.53 bits per heavy atom. The summed E-state index contributed by atoms with van der Waals surface area (Å²) in [6.07, 6.45) is 0.584. The lowest BCUT2D eigenvalue weighted by molar-refractivity contribution is -0.144. The summed E-state index contributed by atoms with van der Waals surface area (Å²) in [5, 5.41) is 9.49. The van der Waals surface area contributed by atoms with Crippen LogP contribution in [0, 0.1) is 12.8 Å². The van der Waals surface area contributed by atoms with Crippen molar-refractivity contribution in [1.82, 2.24) is 0 Å². The third kappa shape index (κ3) is 2.98. The Morgan fingerprint density at radius 2 is 2.20 bits per heavy atom. The first-order valence-corrected chi connectivity index (χ1v) is 4.91. The van der Waals surface area contributed by atoms with E-state index in [0.717, 1.165) is 11.1 Å². The van der Waals surface area contributed by atoms with Crippen molar-refractivity contribution in [2.45, 2.75) is 20.3 Å². The van der Waals surface area contributed by atoms with Gasteiger partial charge in [-0.15, -0.1) is 0 Å². The number of hydrogen-bond donors (Lipinski definition) is 1. The minimum Gasteiger partial charge on any atom is -0.508 e. The second-order valence-corrected chi connectivity index (χ2v) is 3.75. The van der Waals surface area contributed by atoms with Crippen LogP contribution in [0.3, 0.4) is 0 Å². The Hall–Kier alpha value is -1.51. The van der Waals surface area contributed by atoms with Crippen molar-refractivity contribution in [2.24, 2.45) is 5.92 Å². The molecule has 15 heavy (non-hydrogen) atoms. The molecule has 3 nitrogen and oxygen atoms in total. The fraction of sp³-hybridized carbons (Fsp3) is 0.417. The van der Waals surface area contributed by atoms with E-state index in [1.807, 2.05) is 26.0 Å². The van der Waals surface area contributed by atoms with Crippen molar-refractivity contribution in [2.75, 3.05) is 7.11 Å². The quantitative estimate of drug-likeness (QED) is 0.773. The van der Waals surface area contributed by atoms with Gasteiger partial charge in [0.15, 0.2) is 0 Å². The minimum atomic E-state index is -0.227. The third-order valence-electron chi connectivity index (χ3n) is 2.42. The molecule has 0 aliphatic rings. The van der Waals surface area contributed by atoms with Gasteiger partial charge in [0.05, 0.1) is 13.0 Å². The summed E-state index contributed by atoms with van der Waals surface area (Å²) in [6, 6.07) is 5.44. The summed E-state index contributed by atoms with van der Waals surface area (Å²) in [6.45, 7) is 3.64. The summed E-state index contributed by atoms with van der Waals surface area (Å²) in [7, 11) is 1.38. The van der Waals surface area contributed by atoms with Crippen LogP contribution in [-0.2, 0) is 16.0 Å². The van der Waals surface area contributed by atoms with Gasteiger partial charge >= 0.3 is 5.97 Å². The lowest BCUT2D eigenvalue weighted by Gasteiger charge is -2.09. The second kappa shape index (κ2) is 4.82. The van der Waals surface area contributed by atoms with E-state index < -0.39 is 0 Å². The molecule has 1 rings (SSSR count). The van der Waals surface area contributed by atoms with E-state index in [0.29, 0.717) is 6.42 Å². The standard InChI is InChI=1S/C12H16O3/c1-8-4-5-10(7-11(8)13)6-9(2)12(14)15-3/h4-5,7,9,13H,6H2,1-3H3. The van der Waals surface area contributed by atoms with Crippen LogP contribution >= 0.6 is 0 Å². The molecule has 1 N–H and O–H groups in total. The predicted octanol–water partition coefficient (Wildman–Crippen LogP) is 2.05. The van der Waals surface area contributed by atoms with Crippen LogP contribution in [0.4, 0.5) is 0 Å².